The number of carbonyl (C=O) groups is 2. The second-order valence-corrected chi connectivity index (χ2v) is 7.72. The molecule has 4 nitrogen and oxygen atoms in total. The molecular weight excluding hydrogens is 454 g/mol. The molecule has 4 aromatic rings. The molecule has 0 aliphatic carbocycles. The monoisotopic (exact) mass is 471 g/mol. The van der Waals surface area contributed by atoms with Gasteiger partial charge >= 0.3 is 0 Å². The van der Waals surface area contributed by atoms with Gasteiger partial charge in [0.1, 0.15) is 11.5 Å². The molecule has 1 aromatic heterocycles. The normalized spacial score (nSPS) is 10.9. The Labute approximate surface area is 188 Å². The highest BCUT2D eigenvalue weighted by Crippen LogP contribution is 2.24. The first-order chi connectivity index (χ1) is 15.1. The van der Waals surface area contributed by atoms with Crippen LogP contribution >= 0.6 is 15.9 Å². The Morgan fingerprint density at radius 1 is 0.806 bits per heavy atom. The predicted molar refractivity (Wildman–Crippen MR) is 126 cm³/mol. The summed E-state index contributed by atoms with van der Waals surface area (Å²) in [6.07, 6.45) is 3.10. The molecule has 0 saturated carbocycles. The highest BCUT2D eigenvalue weighted by atomic mass is 79.9. The van der Waals surface area contributed by atoms with Crippen molar-refractivity contribution < 1.29 is 14.0 Å². The van der Waals surface area contributed by atoms with Crippen LogP contribution in [0.3, 0.4) is 0 Å². The van der Waals surface area contributed by atoms with Gasteiger partial charge in [-0.1, -0.05) is 58.4 Å². The van der Waals surface area contributed by atoms with Gasteiger partial charge in [0, 0.05) is 26.9 Å². The van der Waals surface area contributed by atoms with Gasteiger partial charge in [0.05, 0.1) is 0 Å². The largest absolute Gasteiger partial charge is 0.457 e. The number of carbonyl (C=O) groups excluding carboxylic acids is 2. The third-order valence-corrected chi connectivity index (χ3v) is 5.12. The number of benzene rings is 3. The molecule has 3 aromatic carbocycles. The van der Waals surface area contributed by atoms with Crippen molar-refractivity contribution in [3.05, 3.63) is 118 Å². The van der Waals surface area contributed by atoms with Crippen LogP contribution in [0.25, 0.3) is 17.4 Å². The van der Waals surface area contributed by atoms with E-state index in [0.29, 0.717) is 22.6 Å². The second kappa shape index (κ2) is 9.41. The maximum absolute atomic E-state index is 12.6. The minimum Gasteiger partial charge on any atom is -0.457 e. The molecule has 1 amide bonds. The molecule has 0 radical (unpaired) electrons. The third kappa shape index (κ3) is 5.27. The van der Waals surface area contributed by atoms with Crippen molar-refractivity contribution in [2.45, 2.75) is 0 Å². The molecule has 0 atom stereocenters. The van der Waals surface area contributed by atoms with Crippen molar-refractivity contribution in [1.29, 1.82) is 0 Å². The summed E-state index contributed by atoms with van der Waals surface area (Å²) in [7, 11) is 0. The molecule has 0 aliphatic rings. The number of nitrogens with one attached hydrogen (secondary N) is 1. The van der Waals surface area contributed by atoms with Gasteiger partial charge in [-0.05, 0) is 60.7 Å². The summed E-state index contributed by atoms with van der Waals surface area (Å²) in [4.78, 5) is 24.9. The first-order valence-electron chi connectivity index (χ1n) is 9.63. The summed E-state index contributed by atoms with van der Waals surface area (Å²) in [5.41, 5.74) is 2.54. The summed E-state index contributed by atoms with van der Waals surface area (Å²) in [5.74, 6) is 0.902. The Balaban J connectivity index is 1.44. The fourth-order valence-electron chi connectivity index (χ4n) is 3.01. The van der Waals surface area contributed by atoms with E-state index in [4.69, 9.17) is 4.42 Å². The number of amides is 1. The van der Waals surface area contributed by atoms with Crippen LogP contribution in [0, 0.1) is 0 Å². The quantitative estimate of drug-likeness (QED) is 0.247. The van der Waals surface area contributed by atoms with Crippen LogP contribution in [0.4, 0.5) is 5.69 Å². The zero-order chi connectivity index (χ0) is 21.6. The minimum absolute atomic E-state index is 0.183. The van der Waals surface area contributed by atoms with E-state index in [1.165, 1.54) is 6.08 Å². The minimum atomic E-state index is -0.225. The molecule has 0 bridgehead atoms. The van der Waals surface area contributed by atoms with Crippen LogP contribution in [-0.2, 0) is 0 Å². The van der Waals surface area contributed by atoms with E-state index in [0.717, 1.165) is 15.8 Å². The van der Waals surface area contributed by atoms with Crippen LogP contribution in [0.5, 0.6) is 0 Å². The first kappa shape index (κ1) is 20.6. The van der Waals surface area contributed by atoms with Crippen LogP contribution < -0.4 is 5.32 Å². The number of anilines is 1. The highest BCUT2D eigenvalue weighted by Gasteiger charge is 2.08. The summed E-state index contributed by atoms with van der Waals surface area (Å²) in [6, 6.07) is 27.3. The van der Waals surface area contributed by atoms with Gasteiger partial charge in [-0.15, -0.1) is 0 Å². The number of hydrogen-bond donors (Lipinski definition) is 1. The molecule has 5 heteroatoms. The Morgan fingerprint density at radius 3 is 2.32 bits per heavy atom. The average molecular weight is 472 g/mol. The highest BCUT2D eigenvalue weighted by molar-refractivity contribution is 9.10. The first-order valence-corrected chi connectivity index (χ1v) is 10.4. The zero-order valence-electron chi connectivity index (χ0n) is 16.4. The van der Waals surface area contributed by atoms with Crippen molar-refractivity contribution in [2.24, 2.45) is 0 Å². The van der Waals surface area contributed by atoms with Crippen LogP contribution in [0.2, 0.25) is 0 Å². The van der Waals surface area contributed by atoms with E-state index >= 15 is 0 Å². The second-order valence-electron chi connectivity index (χ2n) is 6.81. The predicted octanol–water partition coefficient (Wildman–Crippen LogP) is 6.86. The van der Waals surface area contributed by atoms with Crippen molar-refractivity contribution in [2.75, 3.05) is 5.32 Å². The molecule has 0 saturated heterocycles. The number of rotatable bonds is 6. The fraction of sp³-hybridized carbons (Fsp3) is 0. The van der Waals surface area contributed by atoms with E-state index in [1.807, 2.05) is 42.5 Å². The van der Waals surface area contributed by atoms with Gasteiger partial charge < -0.3 is 9.73 Å². The van der Waals surface area contributed by atoms with Gasteiger partial charge in [0.25, 0.3) is 5.91 Å². The Bertz CT molecular complexity index is 1240. The summed E-state index contributed by atoms with van der Waals surface area (Å²) >= 11 is 3.41. The van der Waals surface area contributed by atoms with E-state index in [-0.39, 0.29) is 11.7 Å². The molecule has 1 heterocycles. The smallest absolute Gasteiger partial charge is 0.255 e. The van der Waals surface area contributed by atoms with Crippen LogP contribution in [0.1, 0.15) is 26.5 Å². The van der Waals surface area contributed by atoms with E-state index < -0.39 is 0 Å². The fourth-order valence-corrected chi connectivity index (χ4v) is 3.27. The Hall–Kier alpha value is -3.70. The van der Waals surface area contributed by atoms with E-state index in [9.17, 15) is 9.59 Å². The Morgan fingerprint density at radius 2 is 1.55 bits per heavy atom. The molecule has 0 spiro atoms. The molecule has 1 N–H and O–H groups in total. The van der Waals surface area contributed by atoms with Crippen LogP contribution in [-0.4, -0.2) is 11.7 Å². The lowest BCUT2D eigenvalue weighted by Crippen LogP contribution is -2.12. The lowest BCUT2D eigenvalue weighted by Gasteiger charge is -2.06. The van der Waals surface area contributed by atoms with E-state index in [2.05, 4.69) is 21.2 Å². The standard InChI is InChI=1S/C26H18BrNO3/c27-21-11-9-18(10-12-21)25-16-14-23(31-25)13-15-24(29)20-7-4-8-22(17-20)28-26(30)19-5-2-1-3-6-19/h1-17H,(H,28,30)/b15-13+. The number of hydrogen-bond acceptors (Lipinski definition) is 3. The number of halogens is 1. The topological polar surface area (TPSA) is 59.3 Å². The summed E-state index contributed by atoms with van der Waals surface area (Å²) in [5, 5.41) is 2.82. The number of ketones is 1. The summed E-state index contributed by atoms with van der Waals surface area (Å²) < 4.78 is 6.81. The molecule has 0 aliphatic heterocycles. The van der Waals surface area contributed by atoms with Gasteiger partial charge in [-0.2, -0.15) is 0 Å². The van der Waals surface area contributed by atoms with E-state index in [1.54, 1.807) is 54.6 Å². The SMILES string of the molecule is O=C(/C=C/c1ccc(-c2ccc(Br)cc2)o1)c1cccc(NC(=O)c2ccccc2)c1. The van der Waals surface area contributed by atoms with Gasteiger partial charge in [-0.25, -0.2) is 0 Å². The average Bonchev–Trinajstić information content (AvgIpc) is 3.28. The maximum atomic E-state index is 12.6. The third-order valence-electron chi connectivity index (χ3n) is 4.60. The van der Waals surface area contributed by atoms with Gasteiger partial charge in [0.15, 0.2) is 5.78 Å². The Kier molecular flexibility index (Phi) is 6.24. The maximum Gasteiger partial charge on any atom is 0.255 e. The zero-order valence-corrected chi connectivity index (χ0v) is 18.0. The molecule has 0 fully saturated rings. The molecular formula is C26H18BrNO3. The lowest BCUT2D eigenvalue weighted by atomic mass is 10.1. The number of allylic oxidation sites excluding steroid dienone is 1. The van der Waals surface area contributed by atoms with Crippen molar-refractivity contribution >= 4 is 39.4 Å². The van der Waals surface area contributed by atoms with Gasteiger partial charge in [0.2, 0.25) is 0 Å². The summed E-state index contributed by atoms with van der Waals surface area (Å²) in [6.45, 7) is 0. The van der Waals surface area contributed by atoms with Gasteiger partial charge in [-0.3, -0.25) is 9.59 Å². The van der Waals surface area contributed by atoms with Crippen molar-refractivity contribution in [3.8, 4) is 11.3 Å². The molecule has 152 valence electrons. The van der Waals surface area contributed by atoms with Crippen molar-refractivity contribution in [1.82, 2.24) is 0 Å². The molecule has 4 rings (SSSR count). The molecule has 31 heavy (non-hydrogen) atoms. The number of furan rings is 1. The molecule has 0 unspecified atom stereocenters. The van der Waals surface area contributed by atoms with Crippen molar-refractivity contribution in [3.63, 3.8) is 0 Å². The lowest BCUT2D eigenvalue weighted by molar-refractivity contribution is 0.102. The van der Waals surface area contributed by atoms with Crippen LogP contribution in [0.15, 0.2) is 106 Å².